The largest absolute Gasteiger partial charge is 0.465 e. The topological polar surface area (TPSA) is 100 Å². The Kier molecular flexibility index (Phi) is 3.91. The van der Waals surface area contributed by atoms with Gasteiger partial charge < -0.3 is 21.5 Å². The zero-order valence-electron chi connectivity index (χ0n) is 9.98. The molecule has 0 aliphatic rings. The van der Waals surface area contributed by atoms with Crippen LogP contribution < -0.4 is 16.4 Å². The number of benzene rings is 1. The fourth-order valence-electron chi connectivity index (χ4n) is 1.74. The van der Waals surface area contributed by atoms with Gasteiger partial charge in [0.15, 0.2) is 5.15 Å². The summed E-state index contributed by atoms with van der Waals surface area (Å²) in [6.45, 7) is 0.671. The number of hydrogen-bond donors (Lipinski definition) is 4. The number of carbonyl (C=O) groups is 1. The second kappa shape index (κ2) is 5.62. The highest BCUT2D eigenvalue weighted by Crippen LogP contribution is 2.32. The number of amides is 1. The predicted octanol–water partition coefficient (Wildman–Crippen LogP) is 2.15. The minimum Gasteiger partial charge on any atom is -0.465 e. The van der Waals surface area contributed by atoms with Crippen LogP contribution in [-0.2, 0) is 0 Å². The van der Waals surface area contributed by atoms with Crippen molar-refractivity contribution in [2.24, 2.45) is 0 Å². The Bertz CT molecular complexity index is 618. The van der Waals surface area contributed by atoms with Crippen molar-refractivity contribution in [3.63, 3.8) is 0 Å². The predicted molar refractivity (Wildman–Crippen MR) is 75.7 cm³/mol. The highest BCUT2D eigenvalue weighted by molar-refractivity contribution is 6.33. The van der Waals surface area contributed by atoms with E-state index < -0.39 is 6.09 Å². The number of halogens is 1. The van der Waals surface area contributed by atoms with Gasteiger partial charge in [0.25, 0.3) is 0 Å². The summed E-state index contributed by atoms with van der Waals surface area (Å²) < 4.78 is 0. The second-order valence-corrected chi connectivity index (χ2v) is 4.23. The number of pyridine rings is 1. The molecule has 0 saturated heterocycles. The Labute approximate surface area is 114 Å². The molecule has 5 N–H and O–H groups in total. The van der Waals surface area contributed by atoms with E-state index in [1.54, 1.807) is 0 Å². The quantitative estimate of drug-likeness (QED) is 0.508. The maximum Gasteiger partial charge on any atom is 0.404 e. The van der Waals surface area contributed by atoms with Crippen molar-refractivity contribution in [2.75, 3.05) is 24.1 Å². The number of carboxylic acid groups (broad SMARTS) is 1. The van der Waals surface area contributed by atoms with Gasteiger partial charge in [-0.1, -0.05) is 29.8 Å². The molecule has 100 valence electrons. The molecule has 1 amide bonds. The minimum absolute atomic E-state index is 0.229. The molecule has 1 heterocycles. The summed E-state index contributed by atoms with van der Waals surface area (Å²) in [5.74, 6) is 0. The Morgan fingerprint density at radius 2 is 2.11 bits per heavy atom. The van der Waals surface area contributed by atoms with E-state index in [4.69, 9.17) is 22.4 Å². The van der Waals surface area contributed by atoms with Crippen LogP contribution in [0.4, 0.5) is 16.2 Å². The first-order chi connectivity index (χ1) is 9.09. The second-order valence-electron chi connectivity index (χ2n) is 3.87. The van der Waals surface area contributed by atoms with Crippen molar-refractivity contribution in [1.82, 2.24) is 10.3 Å². The van der Waals surface area contributed by atoms with Crippen molar-refractivity contribution in [3.05, 3.63) is 29.4 Å². The summed E-state index contributed by atoms with van der Waals surface area (Å²) >= 11 is 5.97. The lowest BCUT2D eigenvalue weighted by atomic mass is 10.1. The van der Waals surface area contributed by atoms with E-state index in [1.807, 2.05) is 24.3 Å². The van der Waals surface area contributed by atoms with Gasteiger partial charge in [0.05, 0.1) is 16.9 Å². The molecule has 7 heteroatoms. The molecule has 0 atom stereocenters. The number of nitrogens with one attached hydrogen (secondary N) is 2. The highest BCUT2D eigenvalue weighted by atomic mass is 35.5. The van der Waals surface area contributed by atoms with Crippen molar-refractivity contribution < 1.29 is 9.90 Å². The molecule has 1 aromatic carbocycles. The number of nitrogen functional groups attached to an aromatic ring is 1. The summed E-state index contributed by atoms with van der Waals surface area (Å²) in [5.41, 5.74) is 7.66. The van der Waals surface area contributed by atoms with Crippen LogP contribution in [0.5, 0.6) is 0 Å². The zero-order valence-corrected chi connectivity index (χ0v) is 10.7. The van der Waals surface area contributed by atoms with Crippen LogP contribution in [0, 0.1) is 0 Å². The smallest absolute Gasteiger partial charge is 0.404 e. The third kappa shape index (κ3) is 2.97. The Balaban J connectivity index is 2.25. The van der Waals surface area contributed by atoms with Gasteiger partial charge in [-0.05, 0) is 6.07 Å². The number of rotatable bonds is 4. The summed E-state index contributed by atoms with van der Waals surface area (Å²) in [7, 11) is 0. The van der Waals surface area contributed by atoms with E-state index in [2.05, 4.69) is 15.6 Å². The number of anilines is 2. The van der Waals surface area contributed by atoms with Gasteiger partial charge in [-0.2, -0.15) is 0 Å². The summed E-state index contributed by atoms with van der Waals surface area (Å²) in [4.78, 5) is 14.5. The molecule has 2 rings (SSSR count). The number of nitrogens with two attached hydrogens (primary N) is 1. The molecule has 0 fully saturated rings. The van der Waals surface area contributed by atoms with Gasteiger partial charge in [-0.25, -0.2) is 9.78 Å². The molecule has 0 unspecified atom stereocenters. The molecular formula is C12H13ClN4O2. The Morgan fingerprint density at radius 1 is 1.37 bits per heavy atom. The molecule has 0 aliphatic heterocycles. The lowest BCUT2D eigenvalue weighted by Gasteiger charge is -2.13. The maximum atomic E-state index is 10.3. The number of fused-ring (bicyclic) bond motifs is 1. The van der Waals surface area contributed by atoms with E-state index in [0.29, 0.717) is 17.9 Å². The number of aromatic nitrogens is 1. The first-order valence-corrected chi connectivity index (χ1v) is 6.02. The van der Waals surface area contributed by atoms with Gasteiger partial charge in [-0.15, -0.1) is 0 Å². The molecule has 0 radical (unpaired) electrons. The van der Waals surface area contributed by atoms with E-state index in [1.165, 1.54) is 0 Å². The van der Waals surface area contributed by atoms with Crippen LogP contribution in [0.2, 0.25) is 5.15 Å². The van der Waals surface area contributed by atoms with Crippen LogP contribution in [0.1, 0.15) is 0 Å². The molecule has 0 bridgehead atoms. The third-order valence-electron chi connectivity index (χ3n) is 2.59. The maximum absolute atomic E-state index is 10.3. The van der Waals surface area contributed by atoms with E-state index in [-0.39, 0.29) is 11.7 Å². The van der Waals surface area contributed by atoms with Crippen LogP contribution in [-0.4, -0.2) is 29.3 Å². The summed E-state index contributed by atoms with van der Waals surface area (Å²) in [5, 5.41) is 14.9. The third-order valence-corrected chi connectivity index (χ3v) is 2.87. The van der Waals surface area contributed by atoms with Crippen molar-refractivity contribution in [1.29, 1.82) is 0 Å². The summed E-state index contributed by atoms with van der Waals surface area (Å²) in [6, 6.07) is 7.44. The average molecular weight is 281 g/mol. The van der Waals surface area contributed by atoms with Crippen LogP contribution in [0.3, 0.4) is 0 Å². The first kappa shape index (κ1) is 13.2. The van der Waals surface area contributed by atoms with Gasteiger partial charge in [0.2, 0.25) is 0 Å². The van der Waals surface area contributed by atoms with Gasteiger partial charge in [0, 0.05) is 18.5 Å². The lowest BCUT2D eigenvalue weighted by Crippen LogP contribution is -2.27. The minimum atomic E-state index is -1.06. The van der Waals surface area contributed by atoms with Crippen LogP contribution in [0.15, 0.2) is 24.3 Å². The SMILES string of the molecule is Nc1c(Cl)nc2ccccc2c1NCCNC(=O)O. The van der Waals surface area contributed by atoms with Crippen LogP contribution >= 0.6 is 11.6 Å². The van der Waals surface area contributed by atoms with Crippen molar-refractivity contribution in [2.45, 2.75) is 0 Å². The number of nitrogens with zero attached hydrogens (tertiary/aromatic N) is 1. The molecule has 1 aromatic heterocycles. The molecule has 0 aliphatic carbocycles. The lowest BCUT2D eigenvalue weighted by molar-refractivity contribution is 0.195. The molecule has 0 saturated carbocycles. The van der Waals surface area contributed by atoms with Crippen molar-refractivity contribution in [3.8, 4) is 0 Å². The standard InChI is InChI=1S/C12H13ClN4O2/c13-11-9(14)10(15-5-6-16-12(18)19)7-3-1-2-4-8(7)17-11/h1-4,16H,5-6,14H2,(H,15,17)(H,18,19). The fraction of sp³-hybridized carbons (Fsp3) is 0.167. The Hall–Kier alpha value is -2.21. The molecule has 0 spiro atoms. The monoisotopic (exact) mass is 280 g/mol. The fourth-order valence-corrected chi connectivity index (χ4v) is 1.93. The van der Waals surface area contributed by atoms with E-state index in [9.17, 15) is 4.79 Å². The Morgan fingerprint density at radius 3 is 2.84 bits per heavy atom. The van der Waals surface area contributed by atoms with Gasteiger partial charge in [-0.3, -0.25) is 0 Å². The number of para-hydroxylation sites is 1. The average Bonchev–Trinajstić information content (AvgIpc) is 2.38. The molecule has 2 aromatic rings. The highest BCUT2D eigenvalue weighted by Gasteiger charge is 2.10. The van der Waals surface area contributed by atoms with Crippen LogP contribution in [0.25, 0.3) is 10.9 Å². The molecule has 19 heavy (non-hydrogen) atoms. The van der Waals surface area contributed by atoms with Gasteiger partial charge >= 0.3 is 6.09 Å². The van der Waals surface area contributed by atoms with Gasteiger partial charge in [0.1, 0.15) is 0 Å². The number of hydrogen-bond acceptors (Lipinski definition) is 4. The molecular weight excluding hydrogens is 268 g/mol. The van der Waals surface area contributed by atoms with E-state index in [0.717, 1.165) is 10.9 Å². The first-order valence-electron chi connectivity index (χ1n) is 5.64. The zero-order chi connectivity index (χ0) is 13.8. The van der Waals surface area contributed by atoms with E-state index >= 15 is 0 Å². The normalized spacial score (nSPS) is 10.4. The van der Waals surface area contributed by atoms with Crippen molar-refractivity contribution >= 4 is 40.0 Å². The molecule has 6 nitrogen and oxygen atoms in total. The summed E-state index contributed by atoms with van der Waals surface area (Å²) in [6.07, 6.45) is -1.06.